The van der Waals surface area contributed by atoms with E-state index in [-0.39, 0.29) is 5.69 Å². The van der Waals surface area contributed by atoms with Gasteiger partial charge >= 0.3 is 7.82 Å². The van der Waals surface area contributed by atoms with Crippen LogP contribution in [0.15, 0.2) is 60.9 Å². The minimum atomic E-state index is -3.69. The van der Waals surface area contributed by atoms with E-state index in [2.05, 4.69) is 0 Å². The van der Waals surface area contributed by atoms with Crippen LogP contribution in [0.3, 0.4) is 0 Å². The lowest BCUT2D eigenvalue weighted by Crippen LogP contribution is -1.94. The number of rotatable bonds is 7. The Morgan fingerprint density at radius 2 is 1.54 bits per heavy atom. The van der Waals surface area contributed by atoms with Crippen molar-refractivity contribution in [1.82, 2.24) is 0 Å². The molecule has 0 N–H and O–H groups in total. The monoisotopic (exact) mass is 349 g/mol. The lowest BCUT2D eigenvalue weighted by atomic mass is 9.99. The molecule has 24 heavy (non-hydrogen) atoms. The Hall–Kier alpha value is -2.47. The molecule has 0 radical (unpaired) electrons. The van der Waals surface area contributed by atoms with Crippen molar-refractivity contribution in [3.8, 4) is 0 Å². The lowest BCUT2D eigenvalue weighted by molar-refractivity contribution is -0.384. The molecule has 2 aromatic carbocycles. The quantitative estimate of drug-likeness (QED) is 0.319. The second-order valence-electron chi connectivity index (χ2n) is 4.62. The molecule has 2 aromatic rings. The van der Waals surface area contributed by atoms with Crippen molar-refractivity contribution in [2.75, 3.05) is 14.2 Å². The van der Waals surface area contributed by atoms with Gasteiger partial charge in [0.1, 0.15) is 6.26 Å². The van der Waals surface area contributed by atoms with Crippen molar-refractivity contribution < 1.29 is 23.1 Å². The third-order valence-electron chi connectivity index (χ3n) is 3.22. The smallest absolute Gasteiger partial charge is 0.411 e. The Bertz CT molecular complexity index is 765. The first kappa shape index (κ1) is 17.9. The highest BCUT2D eigenvalue weighted by molar-refractivity contribution is 7.48. The van der Waals surface area contributed by atoms with E-state index in [1.54, 1.807) is 12.1 Å². The molecule has 0 atom stereocenters. The number of nitrogens with zero attached hydrogens (tertiary/aromatic N) is 1. The lowest BCUT2D eigenvalue weighted by Gasteiger charge is -2.14. The molecule has 0 spiro atoms. The van der Waals surface area contributed by atoms with Gasteiger partial charge in [-0.1, -0.05) is 30.3 Å². The van der Waals surface area contributed by atoms with Crippen molar-refractivity contribution in [3.63, 3.8) is 0 Å². The number of phosphoric acid groups is 1. The highest BCUT2D eigenvalue weighted by Gasteiger charge is 2.23. The first-order valence-corrected chi connectivity index (χ1v) is 8.35. The van der Waals surface area contributed by atoms with Gasteiger partial charge in [-0.25, -0.2) is 4.57 Å². The molecule has 0 aromatic heterocycles. The van der Waals surface area contributed by atoms with Gasteiger partial charge < -0.3 is 4.52 Å². The molecule has 0 bridgehead atoms. The van der Waals surface area contributed by atoms with Crippen molar-refractivity contribution in [3.05, 3.63) is 82.1 Å². The molecule has 126 valence electrons. The van der Waals surface area contributed by atoms with Crippen LogP contribution in [0, 0.1) is 10.1 Å². The summed E-state index contributed by atoms with van der Waals surface area (Å²) in [5, 5.41) is 10.8. The van der Waals surface area contributed by atoms with E-state index >= 15 is 0 Å². The summed E-state index contributed by atoms with van der Waals surface area (Å²) in [6, 6.07) is 15.1. The minimum absolute atomic E-state index is 0.0217. The molecule has 7 nitrogen and oxygen atoms in total. The van der Waals surface area contributed by atoms with Crippen molar-refractivity contribution in [2.45, 2.75) is 0 Å². The number of hydrogen-bond acceptors (Lipinski definition) is 6. The van der Waals surface area contributed by atoms with E-state index in [0.29, 0.717) is 11.1 Å². The van der Waals surface area contributed by atoms with Crippen molar-refractivity contribution >= 4 is 19.1 Å². The fourth-order valence-electron chi connectivity index (χ4n) is 1.96. The van der Waals surface area contributed by atoms with Crippen LogP contribution < -0.4 is 0 Å². The zero-order chi connectivity index (χ0) is 17.6. The Morgan fingerprint density at radius 1 is 1.00 bits per heavy atom. The summed E-state index contributed by atoms with van der Waals surface area (Å²) in [4.78, 5) is 10.3. The van der Waals surface area contributed by atoms with Crippen molar-refractivity contribution in [2.24, 2.45) is 0 Å². The van der Waals surface area contributed by atoms with Gasteiger partial charge in [-0.15, -0.1) is 0 Å². The maximum atomic E-state index is 12.1. The highest BCUT2D eigenvalue weighted by Crippen LogP contribution is 2.48. The SMILES string of the molecule is COP(=O)(OC)O/C=C(\c1ccccc1)c1ccc([N+](=O)[O-])cc1. The number of benzene rings is 2. The first-order valence-electron chi connectivity index (χ1n) is 6.89. The predicted octanol–water partition coefficient (Wildman–Crippen LogP) is 4.40. The molecule has 0 saturated heterocycles. The normalized spacial score (nSPS) is 12.0. The molecule has 0 unspecified atom stereocenters. The van der Waals surface area contributed by atoms with Gasteiger partial charge in [0.2, 0.25) is 0 Å². The summed E-state index contributed by atoms with van der Waals surface area (Å²) in [5.74, 6) is 0. The molecule has 2 rings (SSSR count). The molecular formula is C16H16NO6P. The van der Waals surface area contributed by atoms with E-state index in [1.165, 1.54) is 32.6 Å². The van der Waals surface area contributed by atoms with Crippen molar-refractivity contribution in [1.29, 1.82) is 0 Å². The van der Waals surface area contributed by atoms with Crippen LogP contribution in [0.1, 0.15) is 11.1 Å². The van der Waals surface area contributed by atoms with Crippen LogP contribution in [-0.4, -0.2) is 19.1 Å². The maximum absolute atomic E-state index is 12.1. The molecule has 0 aliphatic heterocycles. The predicted molar refractivity (Wildman–Crippen MR) is 89.3 cm³/mol. The van der Waals surface area contributed by atoms with Crippen LogP contribution in [0.4, 0.5) is 5.69 Å². The Morgan fingerprint density at radius 3 is 2.04 bits per heavy atom. The summed E-state index contributed by atoms with van der Waals surface area (Å²) in [5.41, 5.74) is 2.00. The van der Waals surface area contributed by atoms with E-state index in [0.717, 1.165) is 5.56 Å². The summed E-state index contributed by atoms with van der Waals surface area (Å²) in [7, 11) is -1.26. The second-order valence-corrected chi connectivity index (χ2v) is 6.45. The van der Waals surface area contributed by atoms with Crippen LogP contribution in [-0.2, 0) is 18.1 Å². The van der Waals surface area contributed by atoms with Crippen LogP contribution in [0.5, 0.6) is 0 Å². The largest absolute Gasteiger partial charge is 0.528 e. The number of phosphoric ester groups is 1. The van der Waals surface area contributed by atoms with Gasteiger partial charge in [-0.2, -0.15) is 0 Å². The van der Waals surface area contributed by atoms with E-state index in [4.69, 9.17) is 13.6 Å². The fourth-order valence-corrected chi connectivity index (χ4v) is 2.52. The molecule has 8 heteroatoms. The molecule has 0 aliphatic rings. The number of nitro benzene ring substituents is 1. The summed E-state index contributed by atoms with van der Waals surface area (Å²) in [6.07, 6.45) is 1.27. The van der Waals surface area contributed by atoms with Gasteiger partial charge in [0, 0.05) is 31.9 Å². The average Bonchev–Trinajstić information content (AvgIpc) is 2.63. The third kappa shape index (κ3) is 4.29. The molecule has 0 heterocycles. The van der Waals surface area contributed by atoms with E-state index in [9.17, 15) is 14.7 Å². The van der Waals surface area contributed by atoms with Gasteiger partial charge in [0.05, 0.1) is 4.92 Å². The first-order chi connectivity index (χ1) is 11.5. The van der Waals surface area contributed by atoms with Gasteiger partial charge in [0.25, 0.3) is 5.69 Å². The molecule has 0 saturated carbocycles. The summed E-state index contributed by atoms with van der Waals surface area (Å²) >= 11 is 0. The molecule has 0 amide bonds. The maximum Gasteiger partial charge on any atom is 0.528 e. The van der Waals surface area contributed by atoms with Crippen LogP contribution in [0.25, 0.3) is 5.57 Å². The molecular weight excluding hydrogens is 333 g/mol. The fraction of sp³-hybridized carbons (Fsp3) is 0.125. The Kier molecular flexibility index (Phi) is 5.87. The van der Waals surface area contributed by atoms with Crippen LogP contribution >= 0.6 is 7.82 Å². The average molecular weight is 349 g/mol. The van der Waals surface area contributed by atoms with E-state index < -0.39 is 12.7 Å². The van der Waals surface area contributed by atoms with Gasteiger partial charge in [-0.05, 0) is 23.3 Å². The minimum Gasteiger partial charge on any atom is -0.411 e. The summed E-state index contributed by atoms with van der Waals surface area (Å²) < 4.78 is 26.7. The standard InChI is InChI=1S/C16H16NO6P/c1-21-24(20,22-2)23-12-16(13-6-4-3-5-7-13)14-8-10-15(11-9-14)17(18)19/h3-12H,1-2H3/b16-12+. The zero-order valence-corrected chi connectivity index (χ0v) is 14.0. The number of hydrogen-bond donors (Lipinski definition) is 0. The van der Waals surface area contributed by atoms with Gasteiger partial charge in [-0.3, -0.25) is 19.2 Å². The molecule has 0 fully saturated rings. The Balaban J connectivity index is 2.44. The zero-order valence-electron chi connectivity index (χ0n) is 13.1. The summed E-state index contributed by atoms with van der Waals surface area (Å²) in [6.45, 7) is 0. The second kappa shape index (κ2) is 7.88. The molecule has 0 aliphatic carbocycles. The van der Waals surface area contributed by atoms with Crippen LogP contribution in [0.2, 0.25) is 0 Å². The van der Waals surface area contributed by atoms with E-state index in [1.807, 2.05) is 30.3 Å². The topological polar surface area (TPSA) is 87.9 Å². The number of non-ortho nitro benzene ring substituents is 1. The Labute approximate surface area is 139 Å². The third-order valence-corrected chi connectivity index (χ3v) is 4.48. The highest BCUT2D eigenvalue weighted by atomic mass is 31.2. The van der Waals surface area contributed by atoms with Gasteiger partial charge in [0.15, 0.2) is 0 Å². The number of nitro groups is 1.